The van der Waals surface area contributed by atoms with Crippen LogP contribution in [0.2, 0.25) is 0 Å². The lowest BCUT2D eigenvalue weighted by Crippen LogP contribution is -2.36. The van der Waals surface area contributed by atoms with Crippen LogP contribution in [0, 0.1) is 0 Å². The van der Waals surface area contributed by atoms with Gasteiger partial charge in [0.1, 0.15) is 0 Å². The van der Waals surface area contributed by atoms with Crippen LogP contribution >= 0.6 is 12.2 Å². The third-order valence-electron chi connectivity index (χ3n) is 5.34. The highest BCUT2D eigenvalue weighted by Gasteiger charge is 2.42. The van der Waals surface area contributed by atoms with Crippen LogP contribution in [0.3, 0.4) is 0 Å². The van der Waals surface area contributed by atoms with Crippen molar-refractivity contribution in [1.29, 1.82) is 0 Å². The first-order valence-corrected chi connectivity index (χ1v) is 10.3. The second-order valence-electron chi connectivity index (χ2n) is 7.44. The van der Waals surface area contributed by atoms with Gasteiger partial charge >= 0.3 is 5.97 Å². The molecule has 1 aliphatic heterocycles. The van der Waals surface area contributed by atoms with E-state index >= 15 is 0 Å². The molecule has 0 radical (unpaired) electrons. The summed E-state index contributed by atoms with van der Waals surface area (Å²) in [6.07, 6.45) is 3.76. The molecule has 6 nitrogen and oxygen atoms in total. The zero-order chi connectivity index (χ0) is 21.3. The molecule has 1 aromatic carbocycles. The van der Waals surface area contributed by atoms with E-state index in [0.29, 0.717) is 10.7 Å². The number of carbonyl (C=O) groups is 1. The van der Waals surface area contributed by atoms with Crippen LogP contribution in [0.1, 0.15) is 47.7 Å². The maximum Gasteiger partial charge on any atom is 0.339 e. The first-order chi connectivity index (χ1) is 14.5. The van der Waals surface area contributed by atoms with Gasteiger partial charge in [-0.25, -0.2) is 4.79 Å². The summed E-state index contributed by atoms with van der Waals surface area (Å²) in [5.74, 6) is -0.368. The number of carbonyl (C=O) groups excluding carboxylic acids is 1. The Kier molecular flexibility index (Phi) is 5.55. The van der Waals surface area contributed by atoms with Crippen molar-refractivity contribution in [2.45, 2.75) is 32.0 Å². The number of hydrogen-bond acceptors (Lipinski definition) is 4. The second-order valence-corrected chi connectivity index (χ2v) is 7.83. The molecule has 1 fully saturated rings. The molecule has 0 amide bonds. The van der Waals surface area contributed by atoms with E-state index in [9.17, 15) is 4.79 Å². The van der Waals surface area contributed by atoms with E-state index in [2.05, 4.69) is 35.1 Å². The summed E-state index contributed by atoms with van der Waals surface area (Å²) in [4.78, 5) is 19.2. The zero-order valence-corrected chi connectivity index (χ0v) is 18.0. The number of rotatable bonds is 5. The first-order valence-electron chi connectivity index (χ1n) is 9.87. The van der Waals surface area contributed by atoms with Crippen LogP contribution < -0.4 is 5.32 Å². The summed E-state index contributed by atoms with van der Waals surface area (Å²) in [5.41, 5.74) is 3.21. The Morgan fingerprint density at radius 1 is 1.13 bits per heavy atom. The highest BCUT2D eigenvalue weighted by molar-refractivity contribution is 7.80. The monoisotopic (exact) mass is 420 g/mol. The van der Waals surface area contributed by atoms with Crippen molar-refractivity contribution in [1.82, 2.24) is 19.8 Å². The number of ether oxygens (including phenoxy) is 1. The number of aromatic nitrogens is 2. The SMILES string of the molecule is COC(=O)c1ccccc1-n1cccc1C1C(c2ccccn2)NC(=S)N1C(C)C. The van der Waals surface area contributed by atoms with Crippen LogP contribution in [-0.2, 0) is 4.74 Å². The number of thiocarbonyl (C=S) groups is 1. The second kappa shape index (κ2) is 8.28. The van der Waals surface area contributed by atoms with Crippen molar-refractivity contribution < 1.29 is 9.53 Å². The standard InChI is InChI=1S/C23H24N4O2S/c1-15(2)27-21(20(25-23(27)30)17-10-6-7-13-24-17)19-12-8-14-26(19)18-11-5-4-9-16(18)22(28)29-3/h4-15,20-21H,1-3H3,(H,25,30). The van der Waals surface area contributed by atoms with Gasteiger partial charge in [-0.1, -0.05) is 18.2 Å². The topological polar surface area (TPSA) is 59.4 Å². The van der Waals surface area contributed by atoms with Gasteiger partial charge in [-0.15, -0.1) is 0 Å². The molecule has 0 aliphatic carbocycles. The third kappa shape index (κ3) is 3.45. The van der Waals surface area contributed by atoms with E-state index in [1.807, 2.05) is 53.2 Å². The van der Waals surface area contributed by atoms with Gasteiger partial charge in [0.25, 0.3) is 0 Å². The number of hydrogen-bond donors (Lipinski definition) is 1. The number of benzene rings is 1. The average molecular weight is 421 g/mol. The van der Waals surface area contributed by atoms with Gasteiger partial charge in [0, 0.05) is 24.1 Å². The van der Waals surface area contributed by atoms with Crippen LogP contribution in [-0.4, -0.2) is 38.7 Å². The van der Waals surface area contributed by atoms with Crippen molar-refractivity contribution in [2.75, 3.05) is 7.11 Å². The maximum atomic E-state index is 12.4. The molecular formula is C23H24N4O2S. The highest BCUT2D eigenvalue weighted by atomic mass is 32.1. The molecule has 1 aliphatic rings. The summed E-state index contributed by atoms with van der Waals surface area (Å²) < 4.78 is 7.04. The number of nitrogens with zero attached hydrogens (tertiary/aromatic N) is 3. The van der Waals surface area contributed by atoms with Crippen LogP contribution in [0.5, 0.6) is 0 Å². The summed E-state index contributed by atoms with van der Waals surface area (Å²) in [6.45, 7) is 4.24. The lowest BCUT2D eigenvalue weighted by atomic mass is 10.00. The molecule has 2 aromatic heterocycles. The van der Waals surface area contributed by atoms with Gasteiger partial charge < -0.3 is 19.5 Å². The molecule has 2 unspecified atom stereocenters. The largest absolute Gasteiger partial charge is 0.465 e. The molecule has 7 heteroatoms. The minimum Gasteiger partial charge on any atom is -0.465 e. The predicted octanol–water partition coefficient (Wildman–Crippen LogP) is 4.04. The quantitative estimate of drug-likeness (QED) is 0.497. The van der Waals surface area contributed by atoms with Gasteiger partial charge in [0.05, 0.1) is 36.1 Å². The van der Waals surface area contributed by atoms with Gasteiger partial charge in [-0.05, 0) is 62.5 Å². The van der Waals surface area contributed by atoms with Crippen LogP contribution in [0.4, 0.5) is 0 Å². The molecule has 1 saturated heterocycles. The lowest BCUT2D eigenvalue weighted by Gasteiger charge is -2.32. The average Bonchev–Trinajstić information content (AvgIpc) is 3.37. The van der Waals surface area contributed by atoms with E-state index in [1.54, 1.807) is 12.3 Å². The Morgan fingerprint density at radius 2 is 1.90 bits per heavy atom. The molecule has 0 spiro atoms. The van der Waals surface area contributed by atoms with Crippen molar-refractivity contribution >= 4 is 23.3 Å². The molecular weight excluding hydrogens is 396 g/mol. The Hall–Kier alpha value is -3.19. The smallest absolute Gasteiger partial charge is 0.339 e. The van der Waals surface area contributed by atoms with Gasteiger partial charge in [0.2, 0.25) is 0 Å². The molecule has 3 heterocycles. The van der Waals surface area contributed by atoms with Crippen LogP contribution in [0.15, 0.2) is 67.0 Å². The van der Waals surface area contributed by atoms with Crippen molar-refractivity contribution in [3.8, 4) is 5.69 Å². The molecule has 2 atom stereocenters. The lowest BCUT2D eigenvalue weighted by molar-refractivity contribution is 0.0600. The highest BCUT2D eigenvalue weighted by Crippen LogP contribution is 2.40. The number of pyridine rings is 1. The van der Waals surface area contributed by atoms with E-state index in [4.69, 9.17) is 17.0 Å². The Labute approximate surface area is 181 Å². The molecule has 30 heavy (non-hydrogen) atoms. The van der Waals surface area contributed by atoms with Gasteiger partial charge in [-0.2, -0.15) is 0 Å². The summed E-state index contributed by atoms with van der Waals surface area (Å²) in [7, 11) is 1.40. The molecule has 4 rings (SSSR count). The number of para-hydroxylation sites is 1. The van der Waals surface area contributed by atoms with E-state index in [1.165, 1.54) is 7.11 Å². The van der Waals surface area contributed by atoms with Crippen molar-refractivity contribution in [2.24, 2.45) is 0 Å². The number of methoxy groups -OCH3 is 1. The molecule has 0 bridgehead atoms. The maximum absolute atomic E-state index is 12.4. The summed E-state index contributed by atoms with van der Waals surface area (Å²) in [5, 5.41) is 4.15. The van der Waals surface area contributed by atoms with Gasteiger partial charge in [-0.3, -0.25) is 4.98 Å². The molecule has 154 valence electrons. The van der Waals surface area contributed by atoms with E-state index in [0.717, 1.165) is 17.1 Å². The first kappa shape index (κ1) is 20.1. The number of esters is 1. The minimum atomic E-state index is -0.368. The Balaban J connectivity index is 1.86. The van der Waals surface area contributed by atoms with Crippen molar-refractivity contribution in [3.63, 3.8) is 0 Å². The molecule has 1 N–H and O–H groups in total. The Bertz CT molecular complexity index is 1060. The summed E-state index contributed by atoms with van der Waals surface area (Å²) >= 11 is 5.69. The van der Waals surface area contributed by atoms with Crippen LogP contribution in [0.25, 0.3) is 5.69 Å². The van der Waals surface area contributed by atoms with E-state index < -0.39 is 0 Å². The minimum absolute atomic E-state index is 0.0897. The third-order valence-corrected chi connectivity index (χ3v) is 5.67. The fraction of sp³-hybridized carbons (Fsp3) is 0.261. The summed E-state index contributed by atoms with van der Waals surface area (Å²) in [6, 6.07) is 17.4. The molecule has 3 aromatic rings. The van der Waals surface area contributed by atoms with Crippen molar-refractivity contribution in [3.05, 3.63) is 83.9 Å². The fourth-order valence-electron chi connectivity index (χ4n) is 4.06. The zero-order valence-electron chi connectivity index (χ0n) is 17.1. The Morgan fingerprint density at radius 3 is 2.60 bits per heavy atom. The molecule has 0 saturated carbocycles. The predicted molar refractivity (Wildman–Crippen MR) is 120 cm³/mol. The van der Waals surface area contributed by atoms with Gasteiger partial charge in [0.15, 0.2) is 5.11 Å². The van der Waals surface area contributed by atoms with E-state index in [-0.39, 0.29) is 24.1 Å². The number of nitrogens with one attached hydrogen (secondary N) is 1. The fourth-order valence-corrected chi connectivity index (χ4v) is 4.51. The normalized spacial score (nSPS) is 18.5.